The molecular weight excluding hydrogens is 540 g/mol. The van der Waals surface area contributed by atoms with E-state index in [9.17, 15) is 34.2 Å². The van der Waals surface area contributed by atoms with Crippen LogP contribution in [0.25, 0.3) is 0 Å². The van der Waals surface area contributed by atoms with E-state index in [0.717, 1.165) is 7.11 Å². The lowest BCUT2D eigenvalue weighted by Gasteiger charge is -2.67. The molecule has 2 bridgehead atoms. The number of methoxy groups -OCH3 is 1. The first-order chi connectivity index (χ1) is 19.2. The molecule has 0 amide bonds. The molecular formula is C29H36O12. The fourth-order valence-electron chi connectivity index (χ4n) is 8.56. The first-order valence-electron chi connectivity index (χ1n) is 13.8. The van der Waals surface area contributed by atoms with E-state index in [1.165, 1.54) is 6.08 Å². The Morgan fingerprint density at radius 2 is 1.83 bits per heavy atom. The fraction of sp³-hybridized carbons (Fsp3) is 0.690. The molecule has 4 fully saturated rings. The van der Waals surface area contributed by atoms with Crippen LogP contribution in [0.5, 0.6) is 0 Å². The average molecular weight is 577 g/mol. The van der Waals surface area contributed by atoms with Crippen molar-refractivity contribution in [1.82, 2.24) is 0 Å². The van der Waals surface area contributed by atoms with Gasteiger partial charge in [-0.1, -0.05) is 19.4 Å². The predicted molar refractivity (Wildman–Crippen MR) is 136 cm³/mol. The summed E-state index contributed by atoms with van der Waals surface area (Å²) in [6, 6.07) is 0. The minimum Gasteiger partial charge on any atom is -0.467 e. The highest BCUT2D eigenvalue weighted by atomic mass is 16.6. The maximum atomic E-state index is 13.5. The van der Waals surface area contributed by atoms with Gasteiger partial charge in [0.2, 0.25) is 11.7 Å². The summed E-state index contributed by atoms with van der Waals surface area (Å²) in [7, 11) is 1.09. The Labute approximate surface area is 237 Å². The maximum Gasteiger partial charge on any atom is 0.348 e. The van der Waals surface area contributed by atoms with Crippen LogP contribution in [0.1, 0.15) is 53.9 Å². The van der Waals surface area contributed by atoms with Gasteiger partial charge in [-0.15, -0.1) is 0 Å². The molecule has 41 heavy (non-hydrogen) atoms. The number of carbonyl (C=O) groups excluding carboxylic acids is 5. The smallest absolute Gasteiger partial charge is 0.348 e. The van der Waals surface area contributed by atoms with Crippen LogP contribution < -0.4 is 0 Å². The molecule has 5 aliphatic rings. The van der Waals surface area contributed by atoms with Gasteiger partial charge in [-0.2, -0.15) is 0 Å². The Kier molecular flexibility index (Phi) is 6.98. The van der Waals surface area contributed by atoms with Crippen LogP contribution in [0.4, 0.5) is 0 Å². The maximum absolute atomic E-state index is 13.5. The molecule has 10 atom stereocenters. The van der Waals surface area contributed by atoms with Crippen molar-refractivity contribution in [3.8, 4) is 0 Å². The van der Waals surface area contributed by atoms with Crippen LogP contribution in [0.15, 0.2) is 23.0 Å². The minimum atomic E-state index is -2.24. The van der Waals surface area contributed by atoms with E-state index in [0.29, 0.717) is 11.1 Å². The van der Waals surface area contributed by atoms with Crippen LogP contribution in [0.3, 0.4) is 0 Å². The van der Waals surface area contributed by atoms with Crippen LogP contribution in [-0.2, 0) is 47.7 Å². The van der Waals surface area contributed by atoms with E-state index < -0.39 is 88.3 Å². The summed E-state index contributed by atoms with van der Waals surface area (Å²) in [4.78, 5) is 65.3. The van der Waals surface area contributed by atoms with Crippen molar-refractivity contribution in [2.24, 2.45) is 28.6 Å². The molecule has 0 aromatic heterocycles. The highest BCUT2D eigenvalue weighted by Gasteiger charge is 2.85. The van der Waals surface area contributed by atoms with Crippen molar-refractivity contribution in [1.29, 1.82) is 0 Å². The van der Waals surface area contributed by atoms with Gasteiger partial charge in [-0.05, 0) is 44.1 Å². The summed E-state index contributed by atoms with van der Waals surface area (Å²) >= 11 is 0. The summed E-state index contributed by atoms with van der Waals surface area (Å²) < 4.78 is 28.1. The number of aliphatic hydroxyl groups excluding tert-OH is 2. The van der Waals surface area contributed by atoms with Crippen molar-refractivity contribution in [2.75, 3.05) is 13.7 Å². The summed E-state index contributed by atoms with van der Waals surface area (Å²) in [5, 5.41) is 23.4. The van der Waals surface area contributed by atoms with Gasteiger partial charge in [0.15, 0.2) is 11.5 Å². The van der Waals surface area contributed by atoms with Gasteiger partial charge in [0.05, 0.1) is 25.7 Å². The van der Waals surface area contributed by atoms with Crippen molar-refractivity contribution in [3.63, 3.8) is 0 Å². The number of allylic oxidation sites excluding steroid dienone is 3. The molecule has 0 aromatic rings. The molecule has 12 heteroatoms. The van der Waals surface area contributed by atoms with Gasteiger partial charge in [0.25, 0.3) is 0 Å². The fourth-order valence-corrected chi connectivity index (χ4v) is 8.56. The van der Waals surface area contributed by atoms with Crippen molar-refractivity contribution < 1.29 is 57.9 Å². The molecule has 2 heterocycles. The van der Waals surface area contributed by atoms with Crippen LogP contribution >= 0.6 is 0 Å². The molecule has 224 valence electrons. The third-order valence-corrected chi connectivity index (χ3v) is 9.97. The van der Waals surface area contributed by atoms with Gasteiger partial charge in [0, 0.05) is 30.3 Å². The van der Waals surface area contributed by atoms with Crippen LogP contribution in [-0.4, -0.2) is 83.6 Å². The lowest BCUT2D eigenvalue weighted by molar-refractivity contribution is -0.290. The number of esters is 4. The second-order valence-corrected chi connectivity index (χ2v) is 12.3. The van der Waals surface area contributed by atoms with Crippen molar-refractivity contribution in [3.05, 3.63) is 23.0 Å². The number of rotatable bonds is 5. The third-order valence-electron chi connectivity index (χ3n) is 9.97. The summed E-state index contributed by atoms with van der Waals surface area (Å²) in [6.45, 7) is 8.16. The number of ether oxygens (including phenoxy) is 5. The zero-order valence-corrected chi connectivity index (χ0v) is 23.9. The number of hydrogen-bond donors (Lipinski definition) is 2. The topological polar surface area (TPSA) is 172 Å². The zero-order valence-electron chi connectivity index (χ0n) is 23.9. The van der Waals surface area contributed by atoms with Gasteiger partial charge in [0.1, 0.15) is 12.2 Å². The predicted octanol–water partition coefficient (Wildman–Crippen LogP) is 0.912. The molecule has 2 N–H and O–H groups in total. The number of aliphatic hydroxyl groups is 2. The molecule has 1 unspecified atom stereocenters. The Hall–Kier alpha value is -3.09. The summed E-state index contributed by atoms with van der Waals surface area (Å²) in [6.07, 6.45) is -4.90. The summed E-state index contributed by atoms with van der Waals surface area (Å²) in [5.74, 6) is -6.66. The second kappa shape index (κ2) is 9.74. The normalized spacial score (nSPS) is 42.4. The van der Waals surface area contributed by atoms with Gasteiger partial charge < -0.3 is 33.9 Å². The zero-order chi connectivity index (χ0) is 30.2. The number of carbonyl (C=O) groups is 5. The SMILES string of the molecule is CCC(=O)OC1=C(C)[C@@H]2C[C@H]3OC(=O)[C@H](OC(=O)C=C(C)C)[C@H]4[C@]5(C(=O)OC)OC[C@]34C([C@@H](O)[C@@H]5O)[C@@]2(C)CC1=O. The molecule has 3 aliphatic carbocycles. The minimum absolute atomic E-state index is 0.0599. The summed E-state index contributed by atoms with van der Waals surface area (Å²) in [5.41, 5.74) is -3.56. The van der Waals surface area contributed by atoms with Gasteiger partial charge in [-0.3, -0.25) is 9.59 Å². The van der Waals surface area contributed by atoms with Gasteiger partial charge in [-0.25, -0.2) is 14.4 Å². The average Bonchev–Trinajstić information content (AvgIpc) is 3.21. The lowest BCUT2D eigenvalue weighted by atomic mass is 9.38. The molecule has 2 aliphatic heterocycles. The quantitative estimate of drug-likeness (QED) is 0.270. The molecule has 1 spiro atoms. The number of Topliss-reactive ketones (excluding diaryl/α,β-unsaturated/α-hetero) is 1. The van der Waals surface area contributed by atoms with Crippen molar-refractivity contribution >= 4 is 29.7 Å². The van der Waals surface area contributed by atoms with E-state index in [2.05, 4.69) is 0 Å². The Balaban J connectivity index is 1.70. The van der Waals surface area contributed by atoms with Crippen molar-refractivity contribution in [2.45, 2.75) is 83.9 Å². The highest BCUT2D eigenvalue weighted by molar-refractivity contribution is 5.98. The van der Waals surface area contributed by atoms with E-state index in [-0.39, 0.29) is 31.6 Å². The Morgan fingerprint density at radius 3 is 2.44 bits per heavy atom. The molecule has 0 radical (unpaired) electrons. The Morgan fingerprint density at radius 1 is 1.15 bits per heavy atom. The van der Waals surface area contributed by atoms with E-state index >= 15 is 0 Å². The standard InChI is InChI=1S/C29H36O12/c1-7-17(31)40-20-13(4)14-9-16-28-11-38-29(26(36)37-6,24(34)19(33)22(28)27(14,5)10-15(20)30)23(28)21(25(35)39-16)41-18(32)8-12(2)3/h8,14,16,19,21-24,33-34H,7,9-11H2,1-6H3/t14-,16+,19+,21+,22?,23+,24-,27-,28+,29-/m0/s1. The molecule has 2 saturated heterocycles. The highest BCUT2D eigenvalue weighted by Crippen LogP contribution is 2.72. The Bertz CT molecular complexity index is 1280. The number of fused-ring (bicyclic) bond motifs is 2. The molecule has 2 saturated carbocycles. The van der Waals surface area contributed by atoms with E-state index in [4.69, 9.17) is 23.7 Å². The monoisotopic (exact) mass is 576 g/mol. The van der Waals surface area contributed by atoms with Crippen LogP contribution in [0, 0.1) is 28.6 Å². The second-order valence-electron chi connectivity index (χ2n) is 12.3. The van der Waals surface area contributed by atoms with Crippen LogP contribution in [0.2, 0.25) is 0 Å². The first kappa shape index (κ1) is 29.4. The lowest BCUT2D eigenvalue weighted by Crippen LogP contribution is -2.79. The first-order valence-corrected chi connectivity index (χ1v) is 13.8. The molecule has 0 aromatic carbocycles. The largest absolute Gasteiger partial charge is 0.467 e. The molecule has 12 nitrogen and oxygen atoms in total. The van der Waals surface area contributed by atoms with Gasteiger partial charge >= 0.3 is 23.9 Å². The van der Waals surface area contributed by atoms with E-state index in [1.54, 1.807) is 34.6 Å². The number of ketones is 1. The number of hydrogen-bond acceptors (Lipinski definition) is 12. The van der Waals surface area contributed by atoms with E-state index in [1.807, 2.05) is 0 Å². The third kappa shape index (κ3) is 3.79. The molecule has 5 rings (SSSR count).